The van der Waals surface area contributed by atoms with Crippen LogP contribution in [0.25, 0.3) is 0 Å². The van der Waals surface area contributed by atoms with Gasteiger partial charge in [0.2, 0.25) is 5.82 Å². The molecular formula is C30H44F3N7O5. The predicted molar refractivity (Wildman–Crippen MR) is 161 cm³/mol. The summed E-state index contributed by atoms with van der Waals surface area (Å²) in [5.41, 5.74) is 4.75. The summed E-state index contributed by atoms with van der Waals surface area (Å²) in [7, 11) is 0. The van der Waals surface area contributed by atoms with Crippen molar-refractivity contribution < 1.29 is 37.3 Å². The number of morpholine rings is 1. The smallest absolute Gasteiger partial charge is 0.410 e. The molecule has 12 nitrogen and oxygen atoms in total. The van der Waals surface area contributed by atoms with Gasteiger partial charge in [0.15, 0.2) is 23.3 Å². The van der Waals surface area contributed by atoms with Crippen molar-refractivity contribution in [3.63, 3.8) is 0 Å². The maximum absolute atomic E-state index is 14.0. The molecule has 1 spiro atoms. The number of phenols is 1. The van der Waals surface area contributed by atoms with Crippen LogP contribution in [0.3, 0.4) is 0 Å². The second kappa shape index (κ2) is 14.3. The lowest BCUT2D eigenvalue weighted by Gasteiger charge is -2.54. The van der Waals surface area contributed by atoms with E-state index in [9.17, 15) is 22.8 Å². The van der Waals surface area contributed by atoms with Crippen LogP contribution < -0.4 is 21.5 Å². The lowest BCUT2D eigenvalue weighted by Crippen LogP contribution is -2.73. The standard InChI is InChI=1S/C30H44F3N7O5/c1-6-34-27(40-16-30(17-40)15-39(11-12-44-30)28(43)45-29(3,4)5)36-18(2)37-38-20-9-7-19(8-10-20)14-35-26(42)21-13-22(31)25(41)24(33)23(21)32/h6,13,18-20,37-38,41H,1,7-12,14-17H2,2-5H3,(H,34,36)(H,35,42)/t18?,19-,20-. The predicted octanol–water partition coefficient (Wildman–Crippen LogP) is 2.95. The molecule has 1 aliphatic carbocycles. The third kappa shape index (κ3) is 8.79. The van der Waals surface area contributed by atoms with Crippen LogP contribution in [-0.2, 0) is 9.47 Å². The zero-order valence-electron chi connectivity index (χ0n) is 26.2. The molecule has 45 heavy (non-hydrogen) atoms. The summed E-state index contributed by atoms with van der Waals surface area (Å²) in [5, 5.41) is 15.0. The Kier molecular flexibility index (Phi) is 10.9. The van der Waals surface area contributed by atoms with E-state index in [2.05, 4.69) is 33.1 Å². The molecule has 0 aromatic heterocycles. The van der Waals surface area contributed by atoms with Crippen molar-refractivity contribution in [1.82, 2.24) is 31.3 Å². The number of hydrazine groups is 1. The second-order valence-corrected chi connectivity index (χ2v) is 12.9. The van der Waals surface area contributed by atoms with Crippen LogP contribution in [0.1, 0.15) is 63.7 Å². The van der Waals surface area contributed by atoms with E-state index in [1.54, 1.807) is 4.90 Å². The van der Waals surface area contributed by atoms with E-state index in [0.717, 1.165) is 25.7 Å². The molecule has 1 atom stereocenters. The first-order valence-corrected chi connectivity index (χ1v) is 15.2. The molecular weight excluding hydrogens is 595 g/mol. The number of hydrogen-bond acceptors (Lipinski definition) is 8. The maximum atomic E-state index is 14.0. The van der Waals surface area contributed by atoms with Gasteiger partial charge in [-0.05, 0) is 65.4 Å². The number of phenolic OH excluding ortho intramolecular Hbond substituents is 1. The maximum Gasteiger partial charge on any atom is 0.410 e. The van der Waals surface area contributed by atoms with Crippen LogP contribution in [0.4, 0.5) is 18.0 Å². The van der Waals surface area contributed by atoms with Crippen LogP contribution in [0, 0.1) is 23.4 Å². The number of rotatable bonds is 8. The summed E-state index contributed by atoms with van der Waals surface area (Å²) in [6.07, 6.45) is 4.09. The van der Waals surface area contributed by atoms with E-state index in [1.807, 2.05) is 32.6 Å². The van der Waals surface area contributed by atoms with Crippen molar-refractivity contribution in [2.24, 2.45) is 10.9 Å². The number of ether oxygens (including phenoxy) is 2. The number of amides is 2. The van der Waals surface area contributed by atoms with Gasteiger partial charge in [-0.3, -0.25) is 10.2 Å². The number of nitrogens with zero attached hydrogens (tertiary/aromatic N) is 3. The van der Waals surface area contributed by atoms with E-state index in [1.165, 1.54) is 6.20 Å². The summed E-state index contributed by atoms with van der Waals surface area (Å²) >= 11 is 0. The molecule has 4 rings (SSSR count). The number of aliphatic imine (C=N–C) groups is 1. The molecule has 2 heterocycles. The number of carbonyl (C=O) groups is 2. The van der Waals surface area contributed by atoms with Gasteiger partial charge in [0.05, 0.1) is 38.0 Å². The normalized spacial score (nSPS) is 22.4. The Hall–Kier alpha value is -3.56. The number of halogens is 3. The monoisotopic (exact) mass is 639 g/mol. The number of nitrogens with one attached hydrogen (secondary N) is 4. The van der Waals surface area contributed by atoms with Crippen LogP contribution in [0.15, 0.2) is 23.8 Å². The highest BCUT2D eigenvalue weighted by atomic mass is 19.2. The van der Waals surface area contributed by atoms with Crippen molar-refractivity contribution >= 4 is 18.0 Å². The Morgan fingerprint density at radius 1 is 1.18 bits per heavy atom. The van der Waals surface area contributed by atoms with Crippen LogP contribution in [-0.4, -0.2) is 95.6 Å². The average molecular weight is 640 g/mol. The van der Waals surface area contributed by atoms with Crippen LogP contribution in [0.2, 0.25) is 0 Å². The highest BCUT2D eigenvalue weighted by Gasteiger charge is 2.50. The Labute approximate surface area is 261 Å². The van der Waals surface area contributed by atoms with Crippen molar-refractivity contribution in [3.8, 4) is 5.75 Å². The summed E-state index contributed by atoms with van der Waals surface area (Å²) in [4.78, 5) is 33.0. The number of likely N-dealkylation sites (tertiary alicyclic amines) is 1. The van der Waals surface area contributed by atoms with Crippen molar-refractivity contribution in [2.45, 2.75) is 76.8 Å². The third-order valence-electron chi connectivity index (χ3n) is 8.00. The van der Waals surface area contributed by atoms with Gasteiger partial charge < -0.3 is 35.0 Å². The Morgan fingerprint density at radius 2 is 1.84 bits per heavy atom. The van der Waals surface area contributed by atoms with Gasteiger partial charge in [-0.2, -0.15) is 4.39 Å². The van der Waals surface area contributed by atoms with Gasteiger partial charge in [0.1, 0.15) is 11.2 Å². The molecule has 250 valence electrons. The second-order valence-electron chi connectivity index (χ2n) is 12.9. The molecule has 1 unspecified atom stereocenters. The summed E-state index contributed by atoms with van der Waals surface area (Å²) in [5.74, 6) is -6.42. The molecule has 5 N–H and O–H groups in total. The lowest BCUT2D eigenvalue weighted by atomic mass is 9.86. The highest BCUT2D eigenvalue weighted by molar-refractivity contribution is 5.94. The zero-order chi connectivity index (χ0) is 32.9. The van der Waals surface area contributed by atoms with Crippen molar-refractivity contribution in [1.29, 1.82) is 0 Å². The minimum atomic E-state index is -1.79. The number of benzene rings is 1. The van der Waals surface area contributed by atoms with Crippen molar-refractivity contribution in [3.05, 3.63) is 41.9 Å². The molecule has 1 aromatic carbocycles. The number of carbonyl (C=O) groups excluding carboxylic acids is 2. The molecule has 1 saturated carbocycles. The van der Waals surface area contributed by atoms with Gasteiger partial charge in [-0.1, -0.05) is 6.58 Å². The van der Waals surface area contributed by atoms with Gasteiger partial charge in [0, 0.05) is 25.3 Å². The van der Waals surface area contributed by atoms with Crippen LogP contribution in [0.5, 0.6) is 5.75 Å². The summed E-state index contributed by atoms with van der Waals surface area (Å²) in [6, 6.07) is 0.653. The SMILES string of the molecule is C=C/N=C(\NC(C)NN[C@H]1CC[C@H](CNC(=O)c2cc(F)c(O)c(F)c2F)CC1)N1CC2(CN(C(=O)OC(C)(C)C)CCO2)C1. The molecule has 2 saturated heterocycles. The third-order valence-corrected chi connectivity index (χ3v) is 8.00. The fourth-order valence-corrected chi connectivity index (χ4v) is 5.68. The first-order valence-electron chi connectivity index (χ1n) is 15.2. The van der Waals surface area contributed by atoms with Crippen molar-refractivity contribution in [2.75, 3.05) is 39.3 Å². The summed E-state index contributed by atoms with van der Waals surface area (Å²) in [6.45, 7) is 13.9. The largest absolute Gasteiger partial charge is 0.503 e. The fraction of sp³-hybridized carbons (Fsp3) is 0.633. The number of hydrogen-bond donors (Lipinski definition) is 5. The van der Waals surface area contributed by atoms with Gasteiger partial charge in [-0.25, -0.2) is 24.0 Å². The molecule has 0 radical (unpaired) electrons. The topological polar surface area (TPSA) is 140 Å². The van der Waals surface area contributed by atoms with E-state index in [0.29, 0.717) is 44.8 Å². The first-order chi connectivity index (χ1) is 21.2. The fourth-order valence-electron chi connectivity index (χ4n) is 5.68. The molecule has 2 amide bonds. The first kappa shape index (κ1) is 34.3. The zero-order valence-corrected chi connectivity index (χ0v) is 26.2. The van der Waals surface area contributed by atoms with E-state index >= 15 is 0 Å². The van der Waals surface area contributed by atoms with E-state index in [4.69, 9.17) is 14.6 Å². The summed E-state index contributed by atoms with van der Waals surface area (Å²) < 4.78 is 52.8. The Balaban J connectivity index is 1.17. The molecule has 2 aliphatic heterocycles. The molecule has 15 heteroatoms. The molecule has 1 aromatic rings. The number of aromatic hydroxyl groups is 1. The lowest BCUT2D eigenvalue weighted by molar-refractivity contribution is -0.163. The average Bonchev–Trinajstić information content (AvgIpc) is 2.97. The minimum absolute atomic E-state index is 0.121. The Morgan fingerprint density at radius 3 is 2.49 bits per heavy atom. The molecule has 0 bridgehead atoms. The van der Waals surface area contributed by atoms with Gasteiger partial charge in [0.25, 0.3) is 5.91 Å². The molecule has 3 aliphatic rings. The minimum Gasteiger partial charge on any atom is -0.503 e. The van der Waals surface area contributed by atoms with E-state index in [-0.39, 0.29) is 30.8 Å². The van der Waals surface area contributed by atoms with Gasteiger partial charge in [-0.15, -0.1) is 0 Å². The van der Waals surface area contributed by atoms with Crippen LogP contribution >= 0.6 is 0 Å². The van der Waals surface area contributed by atoms with E-state index < -0.39 is 45.9 Å². The number of guanidine groups is 1. The highest BCUT2D eigenvalue weighted by Crippen LogP contribution is 2.30. The quantitative estimate of drug-likeness (QED) is 0.0956. The Bertz CT molecular complexity index is 1280. The van der Waals surface area contributed by atoms with Gasteiger partial charge >= 0.3 is 6.09 Å². The molecule has 3 fully saturated rings.